The molecule has 7 nitrogen and oxygen atoms in total. The highest BCUT2D eigenvalue weighted by molar-refractivity contribution is 6.15. The first kappa shape index (κ1) is 20.3. The highest BCUT2D eigenvalue weighted by atomic mass is 16.5. The van der Waals surface area contributed by atoms with Crippen LogP contribution in [-0.4, -0.2) is 55.9 Å². The minimum atomic E-state index is -0.435. The second-order valence-corrected chi connectivity index (χ2v) is 7.50. The Labute approximate surface area is 166 Å². The molecular formula is C21H29N3O4. The zero-order chi connectivity index (χ0) is 20.1. The van der Waals surface area contributed by atoms with Crippen molar-refractivity contribution in [2.75, 3.05) is 38.2 Å². The molecule has 2 aliphatic heterocycles. The van der Waals surface area contributed by atoms with Gasteiger partial charge in [0.2, 0.25) is 11.8 Å². The van der Waals surface area contributed by atoms with Crippen molar-refractivity contribution < 1.29 is 19.1 Å². The van der Waals surface area contributed by atoms with Gasteiger partial charge in [-0.2, -0.15) is 0 Å². The molecule has 0 radical (unpaired) electrons. The summed E-state index contributed by atoms with van der Waals surface area (Å²) < 4.78 is 5.89. The molecular weight excluding hydrogens is 358 g/mol. The number of piperidine rings is 1. The molecule has 0 unspecified atom stereocenters. The second-order valence-electron chi connectivity index (χ2n) is 7.50. The van der Waals surface area contributed by atoms with E-state index in [1.165, 1.54) is 4.90 Å². The number of nitrogens with zero attached hydrogens (tertiary/aromatic N) is 2. The van der Waals surface area contributed by atoms with Gasteiger partial charge in [0.15, 0.2) is 0 Å². The number of benzene rings is 1. The van der Waals surface area contributed by atoms with E-state index in [0.29, 0.717) is 35.9 Å². The second kappa shape index (κ2) is 9.19. The Kier molecular flexibility index (Phi) is 6.67. The van der Waals surface area contributed by atoms with E-state index in [0.717, 1.165) is 37.3 Å². The third kappa shape index (κ3) is 4.52. The first-order valence-corrected chi connectivity index (χ1v) is 10.1. The van der Waals surface area contributed by atoms with E-state index in [1.54, 1.807) is 25.2 Å². The molecule has 0 saturated carbocycles. The third-order valence-electron chi connectivity index (χ3n) is 5.49. The lowest BCUT2D eigenvalue weighted by molar-refractivity contribution is -0.132. The lowest BCUT2D eigenvalue weighted by atomic mass is 9.95. The van der Waals surface area contributed by atoms with Gasteiger partial charge in [-0.15, -0.1) is 0 Å². The average molecular weight is 387 g/mol. The van der Waals surface area contributed by atoms with Crippen molar-refractivity contribution in [2.24, 2.45) is 5.92 Å². The molecule has 1 aromatic carbocycles. The van der Waals surface area contributed by atoms with Crippen molar-refractivity contribution >= 4 is 23.4 Å². The minimum absolute atomic E-state index is 0.227. The summed E-state index contributed by atoms with van der Waals surface area (Å²) >= 11 is 0. The molecule has 0 spiro atoms. The highest BCUT2D eigenvalue weighted by Gasteiger charge is 2.33. The van der Waals surface area contributed by atoms with Gasteiger partial charge in [-0.25, -0.2) is 0 Å². The Morgan fingerprint density at radius 3 is 2.71 bits per heavy atom. The van der Waals surface area contributed by atoms with Crippen LogP contribution in [-0.2, 0) is 9.59 Å². The van der Waals surface area contributed by atoms with Crippen LogP contribution in [0.5, 0.6) is 5.75 Å². The normalized spacial score (nSPS) is 18.1. The fourth-order valence-corrected chi connectivity index (χ4v) is 3.73. The lowest BCUT2D eigenvalue weighted by Crippen LogP contribution is -2.41. The van der Waals surface area contributed by atoms with Crippen molar-refractivity contribution in [3.8, 4) is 5.75 Å². The summed E-state index contributed by atoms with van der Waals surface area (Å²) in [6.45, 7) is 4.34. The fraction of sp³-hybridized carbons (Fsp3) is 0.571. The summed E-state index contributed by atoms with van der Waals surface area (Å²) in [6.07, 6.45) is 4.16. The van der Waals surface area contributed by atoms with Crippen molar-refractivity contribution in [3.05, 3.63) is 23.8 Å². The van der Waals surface area contributed by atoms with E-state index >= 15 is 0 Å². The Morgan fingerprint density at radius 1 is 1.25 bits per heavy atom. The van der Waals surface area contributed by atoms with Gasteiger partial charge in [-0.1, -0.05) is 6.92 Å². The molecule has 28 heavy (non-hydrogen) atoms. The minimum Gasteiger partial charge on any atom is -0.494 e. The number of imide groups is 1. The molecule has 0 aromatic heterocycles. The number of carbonyl (C=O) groups excluding carboxylic acids is 3. The summed E-state index contributed by atoms with van der Waals surface area (Å²) in [5.74, 6) is 0.215. The molecule has 1 saturated heterocycles. The highest BCUT2D eigenvalue weighted by Crippen LogP contribution is 2.29. The number of hydrogen-bond donors (Lipinski definition) is 1. The molecule has 0 bridgehead atoms. The van der Waals surface area contributed by atoms with Gasteiger partial charge in [-0.3, -0.25) is 19.3 Å². The van der Waals surface area contributed by atoms with Gasteiger partial charge < -0.3 is 15.0 Å². The zero-order valence-electron chi connectivity index (χ0n) is 16.7. The molecule has 3 amide bonds. The van der Waals surface area contributed by atoms with Crippen molar-refractivity contribution in [2.45, 2.75) is 39.0 Å². The lowest BCUT2D eigenvalue weighted by Gasteiger charge is -2.22. The molecule has 1 aromatic rings. The Bertz CT molecular complexity index is 743. The van der Waals surface area contributed by atoms with Crippen LogP contribution < -0.4 is 15.0 Å². The first-order valence-electron chi connectivity index (χ1n) is 10.1. The first-order chi connectivity index (χ1) is 13.5. The number of rotatable bonds is 6. The van der Waals surface area contributed by atoms with Gasteiger partial charge >= 0.3 is 0 Å². The number of ether oxygens (including phenoxy) is 1. The predicted octanol–water partition coefficient (Wildman–Crippen LogP) is 2.20. The number of hydrogen-bond acceptors (Lipinski definition) is 5. The van der Waals surface area contributed by atoms with Crippen molar-refractivity contribution in [1.29, 1.82) is 0 Å². The van der Waals surface area contributed by atoms with Gasteiger partial charge in [-0.05, 0) is 62.9 Å². The van der Waals surface area contributed by atoms with Crippen LogP contribution >= 0.6 is 0 Å². The number of fused-ring (bicyclic) bond motifs is 1. The van der Waals surface area contributed by atoms with Gasteiger partial charge in [0, 0.05) is 13.5 Å². The molecule has 3 rings (SSSR count). The topological polar surface area (TPSA) is 79.0 Å². The molecule has 2 heterocycles. The maximum atomic E-state index is 13.0. The maximum absolute atomic E-state index is 13.0. The molecule has 7 heteroatoms. The van der Waals surface area contributed by atoms with Crippen LogP contribution in [0.1, 0.15) is 49.4 Å². The quantitative estimate of drug-likeness (QED) is 0.810. The van der Waals surface area contributed by atoms with Crippen LogP contribution in [0.3, 0.4) is 0 Å². The summed E-state index contributed by atoms with van der Waals surface area (Å²) in [6, 6.07) is 5.15. The van der Waals surface area contributed by atoms with Crippen LogP contribution in [0.15, 0.2) is 18.2 Å². The third-order valence-corrected chi connectivity index (χ3v) is 5.49. The van der Waals surface area contributed by atoms with Crippen molar-refractivity contribution in [3.63, 3.8) is 0 Å². The van der Waals surface area contributed by atoms with E-state index in [2.05, 4.69) is 5.32 Å². The molecule has 0 aliphatic carbocycles. The van der Waals surface area contributed by atoms with Gasteiger partial charge in [0.25, 0.3) is 5.91 Å². The van der Waals surface area contributed by atoms with Crippen LogP contribution in [0.25, 0.3) is 0 Å². The number of anilines is 1. The van der Waals surface area contributed by atoms with Gasteiger partial charge in [0.1, 0.15) is 12.3 Å². The molecule has 2 aliphatic rings. The Morgan fingerprint density at radius 2 is 2.00 bits per heavy atom. The predicted molar refractivity (Wildman–Crippen MR) is 107 cm³/mol. The SMILES string of the molecule is CCCC(=O)N1CC(=O)N(C)c2ccc(OCCC3CCNCC3)cc2C1=O. The summed E-state index contributed by atoms with van der Waals surface area (Å²) in [5, 5.41) is 3.35. The fourth-order valence-electron chi connectivity index (χ4n) is 3.73. The molecule has 1 fully saturated rings. The molecule has 152 valence electrons. The Hall–Kier alpha value is -2.41. The van der Waals surface area contributed by atoms with Crippen LogP contribution in [0.2, 0.25) is 0 Å². The average Bonchev–Trinajstić information content (AvgIpc) is 2.79. The summed E-state index contributed by atoms with van der Waals surface area (Å²) in [5.41, 5.74) is 0.838. The number of amides is 3. The smallest absolute Gasteiger partial charge is 0.263 e. The van der Waals surface area contributed by atoms with E-state index in [4.69, 9.17) is 4.74 Å². The number of likely N-dealkylation sites (N-methyl/N-ethyl adjacent to an activating group) is 1. The van der Waals surface area contributed by atoms with Crippen LogP contribution in [0.4, 0.5) is 5.69 Å². The monoisotopic (exact) mass is 387 g/mol. The van der Waals surface area contributed by atoms with E-state index in [1.807, 2.05) is 6.92 Å². The van der Waals surface area contributed by atoms with Gasteiger partial charge in [0.05, 0.1) is 17.9 Å². The van der Waals surface area contributed by atoms with E-state index < -0.39 is 5.91 Å². The van der Waals surface area contributed by atoms with Crippen LogP contribution in [0, 0.1) is 5.92 Å². The Balaban J connectivity index is 1.75. The maximum Gasteiger partial charge on any atom is 0.263 e. The summed E-state index contributed by atoms with van der Waals surface area (Å²) in [7, 11) is 1.62. The number of nitrogens with one attached hydrogen (secondary N) is 1. The standard InChI is InChI=1S/C21H29N3O4/c1-3-4-19(25)24-14-20(26)23(2)18-6-5-16(13-17(18)21(24)27)28-12-9-15-7-10-22-11-8-15/h5-6,13,15,22H,3-4,7-12,14H2,1-2H3. The molecule has 0 atom stereocenters. The van der Waals surface area contributed by atoms with Crippen molar-refractivity contribution in [1.82, 2.24) is 10.2 Å². The summed E-state index contributed by atoms with van der Waals surface area (Å²) in [4.78, 5) is 40.2. The van der Waals surface area contributed by atoms with E-state index in [-0.39, 0.29) is 24.8 Å². The number of carbonyl (C=O) groups is 3. The van der Waals surface area contributed by atoms with E-state index in [9.17, 15) is 14.4 Å². The largest absolute Gasteiger partial charge is 0.494 e. The zero-order valence-corrected chi connectivity index (χ0v) is 16.7. The molecule has 1 N–H and O–H groups in total.